The van der Waals surface area contributed by atoms with Gasteiger partial charge < -0.3 is 14.4 Å². The molecule has 134 valence electrons. The lowest BCUT2D eigenvalue weighted by Crippen LogP contribution is -2.20. The summed E-state index contributed by atoms with van der Waals surface area (Å²) in [6, 6.07) is 0. The molecule has 2 unspecified atom stereocenters. The minimum atomic E-state index is -0.136. The fourth-order valence-electron chi connectivity index (χ4n) is 3.14. The van der Waals surface area contributed by atoms with Crippen LogP contribution in [-0.2, 0) is 14.3 Å². The van der Waals surface area contributed by atoms with Crippen LogP contribution in [0.2, 0.25) is 0 Å². The van der Waals surface area contributed by atoms with Gasteiger partial charge in [-0.3, -0.25) is 4.79 Å². The molecule has 23 heavy (non-hydrogen) atoms. The van der Waals surface area contributed by atoms with Crippen molar-refractivity contribution in [3.8, 4) is 0 Å². The molecule has 0 aromatic rings. The molecule has 1 rings (SSSR count). The first-order valence-electron chi connectivity index (χ1n) is 9.14. The first-order chi connectivity index (χ1) is 11.1. The molecular weight excluding hydrogens is 290 g/mol. The second-order valence-electron chi connectivity index (χ2n) is 6.80. The molecule has 2 atom stereocenters. The Kier molecular flexibility index (Phi) is 11.0. The number of carbonyl (C=O) groups is 1. The Labute approximate surface area is 142 Å². The second kappa shape index (κ2) is 12.5. The highest BCUT2D eigenvalue weighted by molar-refractivity contribution is 5.66. The van der Waals surface area contributed by atoms with Gasteiger partial charge in [0, 0.05) is 20.1 Å². The zero-order valence-corrected chi connectivity index (χ0v) is 15.3. The molecule has 0 spiro atoms. The van der Waals surface area contributed by atoms with E-state index in [2.05, 4.69) is 31.1 Å². The Morgan fingerprint density at radius 3 is 2.61 bits per heavy atom. The number of allylic oxidation sites excluding steroid dienone is 2. The smallest absolute Gasteiger partial charge is 0.302 e. The molecule has 4 heteroatoms. The summed E-state index contributed by atoms with van der Waals surface area (Å²) in [6.45, 7) is 4.32. The van der Waals surface area contributed by atoms with Crippen LogP contribution in [0.3, 0.4) is 0 Å². The standard InChI is InChI=1S/C19H35NO3/c1-17(21)23-19-13-9-12-18(19)11-7-5-4-6-8-15-22-16-10-14-20(2)3/h4-5,18-19H,6-16H2,1-3H3. The van der Waals surface area contributed by atoms with Crippen LogP contribution in [0.25, 0.3) is 0 Å². The highest BCUT2D eigenvalue weighted by atomic mass is 16.5. The predicted octanol–water partition coefficient (Wildman–Crippen LogP) is 3.80. The Morgan fingerprint density at radius 1 is 1.13 bits per heavy atom. The van der Waals surface area contributed by atoms with Crippen LogP contribution in [0.1, 0.15) is 58.3 Å². The Morgan fingerprint density at radius 2 is 1.87 bits per heavy atom. The summed E-state index contributed by atoms with van der Waals surface area (Å²) >= 11 is 0. The van der Waals surface area contributed by atoms with E-state index in [0.717, 1.165) is 58.3 Å². The van der Waals surface area contributed by atoms with Gasteiger partial charge in [-0.25, -0.2) is 0 Å². The molecule has 0 radical (unpaired) electrons. The number of hydrogen-bond donors (Lipinski definition) is 0. The molecule has 0 aromatic heterocycles. The van der Waals surface area contributed by atoms with Gasteiger partial charge in [-0.05, 0) is 77.9 Å². The fraction of sp³-hybridized carbons (Fsp3) is 0.842. The lowest BCUT2D eigenvalue weighted by Gasteiger charge is -2.18. The predicted molar refractivity (Wildman–Crippen MR) is 94.5 cm³/mol. The molecule has 0 aliphatic heterocycles. The van der Waals surface area contributed by atoms with E-state index in [-0.39, 0.29) is 12.1 Å². The van der Waals surface area contributed by atoms with Crippen molar-refractivity contribution in [2.75, 3.05) is 33.9 Å². The first kappa shape index (κ1) is 20.2. The van der Waals surface area contributed by atoms with Crippen molar-refractivity contribution in [3.63, 3.8) is 0 Å². The van der Waals surface area contributed by atoms with Crippen LogP contribution in [0.5, 0.6) is 0 Å². The van der Waals surface area contributed by atoms with E-state index >= 15 is 0 Å². The van der Waals surface area contributed by atoms with Crippen LogP contribution in [0.4, 0.5) is 0 Å². The average Bonchev–Trinajstić information content (AvgIpc) is 2.91. The van der Waals surface area contributed by atoms with E-state index in [1.807, 2.05) is 0 Å². The lowest BCUT2D eigenvalue weighted by molar-refractivity contribution is -0.148. The normalized spacial score (nSPS) is 21.4. The monoisotopic (exact) mass is 325 g/mol. The zero-order chi connectivity index (χ0) is 16.9. The molecule has 1 saturated carbocycles. The summed E-state index contributed by atoms with van der Waals surface area (Å²) in [5.41, 5.74) is 0. The van der Waals surface area contributed by atoms with Crippen molar-refractivity contribution in [2.24, 2.45) is 5.92 Å². The van der Waals surface area contributed by atoms with Gasteiger partial charge >= 0.3 is 5.97 Å². The van der Waals surface area contributed by atoms with Gasteiger partial charge in [-0.1, -0.05) is 12.2 Å². The number of hydrogen-bond acceptors (Lipinski definition) is 4. The number of ether oxygens (including phenoxy) is 2. The van der Waals surface area contributed by atoms with Gasteiger partial charge in [0.1, 0.15) is 6.10 Å². The Bertz CT molecular complexity index is 342. The van der Waals surface area contributed by atoms with Gasteiger partial charge in [-0.2, -0.15) is 0 Å². The van der Waals surface area contributed by atoms with Crippen LogP contribution < -0.4 is 0 Å². The highest BCUT2D eigenvalue weighted by Crippen LogP contribution is 2.31. The van der Waals surface area contributed by atoms with Gasteiger partial charge in [0.25, 0.3) is 0 Å². The maximum atomic E-state index is 11.1. The molecule has 1 fully saturated rings. The summed E-state index contributed by atoms with van der Waals surface area (Å²) in [6.07, 6.45) is 13.6. The molecule has 1 aliphatic rings. The van der Waals surface area contributed by atoms with Gasteiger partial charge in [-0.15, -0.1) is 0 Å². The average molecular weight is 325 g/mol. The number of rotatable bonds is 12. The van der Waals surface area contributed by atoms with Gasteiger partial charge in [0.05, 0.1) is 0 Å². The third kappa shape index (κ3) is 10.5. The Hall–Kier alpha value is -0.870. The quantitative estimate of drug-likeness (QED) is 0.311. The number of esters is 1. The molecule has 0 aromatic carbocycles. The summed E-state index contributed by atoms with van der Waals surface area (Å²) in [7, 11) is 4.18. The van der Waals surface area contributed by atoms with Crippen LogP contribution >= 0.6 is 0 Å². The summed E-state index contributed by atoms with van der Waals surface area (Å²) < 4.78 is 11.0. The number of carbonyl (C=O) groups excluding carboxylic acids is 1. The highest BCUT2D eigenvalue weighted by Gasteiger charge is 2.28. The summed E-state index contributed by atoms with van der Waals surface area (Å²) in [5.74, 6) is 0.423. The van der Waals surface area contributed by atoms with E-state index in [9.17, 15) is 4.79 Å². The minimum absolute atomic E-state index is 0.136. The fourth-order valence-corrected chi connectivity index (χ4v) is 3.14. The van der Waals surface area contributed by atoms with E-state index < -0.39 is 0 Å². The third-order valence-corrected chi connectivity index (χ3v) is 4.33. The van der Waals surface area contributed by atoms with Crippen molar-refractivity contribution in [3.05, 3.63) is 12.2 Å². The molecule has 0 saturated heterocycles. The van der Waals surface area contributed by atoms with Crippen molar-refractivity contribution in [1.29, 1.82) is 0 Å². The van der Waals surface area contributed by atoms with Crippen LogP contribution in [0, 0.1) is 5.92 Å². The second-order valence-corrected chi connectivity index (χ2v) is 6.80. The van der Waals surface area contributed by atoms with Crippen molar-refractivity contribution in [2.45, 2.75) is 64.4 Å². The van der Waals surface area contributed by atoms with E-state index in [0.29, 0.717) is 5.92 Å². The van der Waals surface area contributed by atoms with Crippen molar-refractivity contribution in [1.82, 2.24) is 4.90 Å². The molecule has 1 aliphatic carbocycles. The van der Waals surface area contributed by atoms with Crippen LogP contribution in [0.15, 0.2) is 12.2 Å². The zero-order valence-electron chi connectivity index (χ0n) is 15.3. The van der Waals surface area contributed by atoms with E-state index in [1.54, 1.807) is 0 Å². The first-order valence-corrected chi connectivity index (χ1v) is 9.14. The Balaban J connectivity index is 1.95. The number of nitrogens with zero attached hydrogens (tertiary/aromatic N) is 1. The van der Waals surface area contributed by atoms with Crippen LogP contribution in [-0.4, -0.2) is 50.8 Å². The van der Waals surface area contributed by atoms with E-state index in [4.69, 9.17) is 9.47 Å². The topological polar surface area (TPSA) is 38.8 Å². The maximum absolute atomic E-state index is 11.1. The van der Waals surface area contributed by atoms with Crippen molar-refractivity contribution >= 4 is 5.97 Å². The maximum Gasteiger partial charge on any atom is 0.302 e. The SMILES string of the molecule is CC(=O)OC1CCCC1CCC=CCCCOCCCN(C)C. The molecular formula is C19H35NO3. The minimum Gasteiger partial charge on any atom is -0.462 e. The largest absolute Gasteiger partial charge is 0.462 e. The molecule has 0 bridgehead atoms. The summed E-state index contributed by atoms with van der Waals surface area (Å²) in [5, 5.41) is 0. The lowest BCUT2D eigenvalue weighted by atomic mass is 9.99. The molecule has 0 heterocycles. The van der Waals surface area contributed by atoms with Gasteiger partial charge in [0.15, 0.2) is 0 Å². The molecule has 4 nitrogen and oxygen atoms in total. The molecule has 0 N–H and O–H groups in total. The summed E-state index contributed by atoms with van der Waals surface area (Å²) in [4.78, 5) is 13.3. The van der Waals surface area contributed by atoms with E-state index in [1.165, 1.54) is 19.8 Å². The third-order valence-electron chi connectivity index (χ3n) is 4.33. The van der Waals surface area contributed by atoms with Gasteiger partial charge in [0.2, 0.25) is 0 Å². The molecule has 0 amide bonds. The van der Waals surface area contributed by atoms with Crippen molar-refractivity contribution < 1.29 is 14.3 Å². The number of unbranched alkanes of at least 4 members (excludes halogenated alkanes) is 1.